The molecule has 12 heteroatoms. The summed E-state index contributed by atoms with van der Waals surface area (Å²) >= 11 is 0. The molecule has 2 N–H and O–H groups in total. The zero-order valence-corrected chi connectivity index (χ0v) is 24.1. The summed E-state index contributed by atoms with van der Waals surface area (Å²) < 4.78 is 16.3. The van der Waals surface area contributed by atoms with Crippen LogP contribution in [0.2, 0.25) is 0 Å². The minimum absolute atomic E-state index is 0.0144. The number of morpholine rings is 1. The third kappa shape index (κ3) is 5.63. The number of carbonyl (C=O) groups excluding carboxylic acids is 1. The first kappa shape index (κ1) is 27.6. The molecule has 1 aromatic carbocycles. The number of benzene rings is 1. The molecular weight excluding hydrogens is 534 g/mol. The summed E-state index contributed by atoms with van der Waals surface area (Å²) in [4.78, 5) is 19.4. The quantitative estimate of drug-likeness (QED) is 0.265. The van der Waals surface area contributed by atoms with E-state index in [1.165, 1.54) is 5.56 Å². The monoisotopic (exact) mass is 569 g/mol. The van der Waals surface area contributed by atoms with Crippen molar-refractivity contribution in [1.29, 1.82) is 0 Å². The molecule has 0 aliphatic carbocycles. The summed E-state index contributed by atoms with van der Waals surface area (Å²) in [5.74, 6) is 1.15. The molecule has 4 aromatic heterocycles. The van der Waals surface area contributed by atoms with Crippen molar-refractivity contribution in [2.24, 2.45) is 5.73 Å². The van der Waals surface area contributed by atoms with Crippen molar-refractivity contribution in [3.63, 3.8) is 0 Å². The highest BCUT2D eigenvalue weighted by molar-refractivity contribution is 5.75. The fraction of sp³-hybridized carbons (Fsp3) is 0.367. The van der Waals surface area contributed by atoms with Gasteiger partial charge in [0.05, 0.1) is 18.9 Å². The van der Waals surface area contributed by atoms with Crippen LogP contribution in [0.3, 0.4) is 0 Å². The SMILES string of the molecule is CCCC(N)C(=O)OCn1nc(-c2cc3nc(-n4ccc(-c5cccc(C)c5)n4)cc(N4CCOCC4)n3n2)cc1C. The van der Waals surface area contributed by atoms with Gasteiger partial charge in [-0.05, 0) is 38.5 Å². The molecule has 1 aliphatic rings. The van der Waals surface area contributed by atoms with Crippen LogP contribution in [-0.4, -0.2) is 72.5 Å². The zero-order valence-electron chi connectivity index (χ0n) is 24.1. The normalized spacial score (nSPS) is 14.4. The molecule has 1 unspecified atom stereocenters. The molecular formula is C30H35N9O3. The average molecular weight is 570 g/mol. The summed E-state index contributed by atoms with van der Waals surface area (Å²) in [6.07, 6.45) is 3.32. The fourth-order valence-corrected chi connectivity index (χ4v) is 5.04. The van der Waals surface area contributed by atoms with E-state index in [0.29, 0.717) is 42.5 Å². The highest BCUT2D eigenvalue weighted by Gasteiger charge is 2.21. The molecule has 0 amide bonds. The lowest BCUT2D eigenvalue weighted by molar-refractivity contribution is -0.149. The smallest absolute Gasteiger partial charge is 0.324 e. The van der Waals surface area contributed by atoms with Crippen LogP contribution in [0.15, 0.2) is 54.7 Å². The van der Waals surface area contributed by atoms with Crippen molar-refractivity contribution in [1.82, 2.24) is 34.2 Å². The third-order valence-electron chi connectivity index (χ3n) is 7.34. The number of anilines is 1. The Balaban J connectivity index is 1.34. The van der Waals surface area contributed by atoms with Crippen molar-refractivity contribution in [3.8, 4) is 28.5 Å². The third-order valence-corrected chi connectivity index (χ3v) is 7.34. The maximum atomic E-state index is 12.2. The first-order chi connectivity index (χ1) is 20.4. The summed E-state index contributed by atoms with van der Waals surface area (Å²) in [7, 11) is 0. The van der Waals surface area contributed by atoms with E-state index in [9.17, 15) is 4.79 Å². The van der Waals surface area contributed by atoms with Crippen LogP contribution >= 0.6 is 0 Å². The van der Waals surface area contributed by atoms with Gasteiger partial charge in [-0.25, -0.2) is 14.3 Å². The van der Waals surface area contributed by atoms with Crippen LogP contribution in [0.5, 0.6) is 0 Å². The van der Waals surface area contributed by atoms with Gasteiger partial charge in [0.1, 0.15) is 23.2 Å². The molecule has 6 rings (SSSR count). The molecule has 0 saturated carbocycles. The Morgan fingerprint density at radius 2 is 1.83 bits per heavy atom. The Bertz CT molecular complexity index is 1710. The van der Waals surface area contributed by atoms with Gasteiger partial charge in [0.2, 0.25) is 0 Å². The van der Waals surface area contributed by atoms with Gasteiger partial charge in [-0.1, -0.05) is 37.1 Å². The van der Waals surface area contributed by atoms with Crippen LogP contribution in [0.1, 0.15) is 31.0 Å². The second kappa shape index (κ2) is 11.7. The van der Waals surface area contributed by atoms with E-state index in [2.05, 4.69) is 35.1 Å². The van der Waals surface area contributed by atoms with Gasteiger partial charge in [-0.2, -0.15) is 19.8 Å². The first-order valence-corrected chi connectivity index (χ1v) is 14.2. The number of hydrogen-bond acceptors (Lipinski definition) is 9. The molecule has 1 fully saturated rings. The Morgan fingerprint density at radius 3 is 2.62 bits per heavy atom. The molecule has 0 spiro atoms. The minimum atomic E-state index is -0.634. The lowest BCUT2D eigenvalue weighted by Gasteiger charge is -2.29. The molecule has 42 heavy (non-hydrogen) atoms. The van der Waals surface area contributed by atoms with Gasteiger partial charge in [0.25, 0.3) is 0 Å². The standard InChI is InChI=1S/C30H35N9O3/c1-4-6-23(31)30(40)42-19-38-21(3)16-25(34-38)26-17-28-32-27(18-29(39(28)35-26)36-11-13-41-14-12-36)37-10-9-24(33-37)22-8-5-7-20(2)15-22/h5,7-10,15-18,23H,4,6,11-14,19,31H2,1-3H3. The number of nitrogens with zero attached hydrogens (tertiary/aromatic N) is 8. The van der Waals surface area contributed by atoms with Gasteiger partial charge in [0.15, 0.2) is 18.2 Å². The fourth-order valence-electron chi connectivity index (χ4n) is 5.04. The number of aromatic nitrogens is 7. The van der Waals surface area contributed by atoms with Crippen LogP contribution in [-0.2, 0) is 21.0 Å². The van der Waals surface area contributed by atoms with Crippen LogP contribution < -0.4 is 10.6 Å². The Hall–Kier alpha value is -4.55. The van der Waals surface area contributed by atoms with Crippen molar-refractivity contribution in [2.45, 2.75) is 46.4 Å². The number of fused-ring (bicyclic) bond motifs is 1. The van der Waals surface area contributed by atoms with E-state index in [1.54, 1.807) is 9.36 Å². The molecule has 0 radical (unpaired) electrons. The molecule has 218 valence electrons. The Labute approximate surface area is 243 Å². The van der Waals surface area contributed by atoms with E-state index in [4.69, 9.17) is 30.4 Å². The van der Waals surface area contributed by atoms with Gasteiger partial charge in [0, 0.05) is 42.7 Å². The Kier molecular flexibility index (Phi) is 7.72. The number of ether oxygens (including phenoxy) is 2. The van der Waals surface area contributed by atoms with Crippen molar-refractivity contribution >= 4 is 17.4 Å². The van der Waals surface area contributed by atoms with Crippen LogP contribution in [0.4, 0.5) is 5.82 Å². The second-order valence-corrected chi connectivity index (χ2v) is 10.5. The number of aryl methyl sites for hydroxylation is 2. The first-order valence-electron chi connectivity index (χ1n) is 14.2. The van der Waals surface area contributed by atoms with Crippen LogP contribution in [0, 0.1) is 13.8 Å². The van der Waals surface area contributed by atoms with E-state index >= 15 is 0 Å². The highest BCUT2D eigenvalue weighted by Crippen LogP contribution is 2.26. The predicted octanol–water partition coefficient (Wildman–Crippen LogP) is 3.53. The van der Waals surface area contributed by atoms with Crippen molar-refractivity contribution in [3.05, 3.63) is 66.0 Å². The molecule has 1 aliphatic heterocycles. The highest BCUT2D eigenvalue weighted by atomic mass is 16.5. The number of nitrogens with two attached hydrogens (primary N) is 1. The molecule has 1 atom stereocenters. The number of carbonyl (C=O) groups is 1. The van der Waals surface area contributed by atoms with E-state index in [1.807, 2.05) is 54.9 Å². The average Bonchev–Trinajstić information content (AvgIpc) is 3.74. The zero-order chi connectivity index (χ0) is 29.2. The summed E-state index contributed by atoms with van der Waals surface area (Å²) in [6, 6.07) is 15.5. The molecule has 5 aromatic rings. The van der Waals surface area contributed by atoms with Crippen LogP contribution in [0.25, 0.3) is 34.1 Å². The minimum Gasteiger partial charge on any atom is -0.441 e. The second-order valence-electron chi connectivity index (χ2n) is 10.5. The van der Waals surface area contributed by atoms with E-state index in [0.717, 1.165) is 42.3 Å². The van der Waals surface area contributed by atoms with Crippen molar-refractivity contribution < 1.29 is 14.3 Å². The lowest BCUT2D eigenvalue weighted by atomic mass is 10.1. The lowest BCUT2D eigenvalue weighted by Crippen LogP contribution is -2.37. The van der Waals surface area contributed by atoms with E-state index < -0.39 is 12.0 Å². The maximum absolute atomic E-state index is 12.2. The Morgan fingerprint density at radius 1 is 1.02 bits per heavy atom. The molecule has 1 saturated heterocycles. The summed E-state index contributed by atoms with van der Waals surface area (Å²) in [5, 5.41) is 14.4. The van der Waals surface area contributed by atoms with E-state index in [-0.39, 0.29) is 6.73 Å². The van der Waals surface area contributed by atoms with Crippen molar-refractivity contribution in [2.75, 3.05) is 31.2 Å². The van der Waals surface area contributed by atoms with Gasteiger partial charge >= 0.3 is 5.97 Å². The van der Waals surface area contributed by atoms with Gasteiger partial charge in [-0.3, -0.25) is 4.79 Å². The molecule has 12 nitrogen and oxygen atoms in total. The maximum Gasteiger partial charge on any atom is 0.324 e. The van der Waals surface area contributed by atoms with Gasteiger partial charge < -0.3 is 20.1 Å². The number of rotatable bonds is 9. The molecule has 0 bridgehead atoms. The summed E-state index contributed by atoms with van der Waals surface area (Å²) in [5.41, 5.74) is 11.8. The molecule has 5 heterocycles. The number of hydrogen-bond donors (Lipinski definition) is 1. The topological polar surface area (TPSA) is 131 Å². The largest absolute Gasteiger partial charge is 0.441 e. The van der Waals surface area contributed by atoms with Gasteiger partial charge in [-0.15, -0.1) is 0 Å². The summed E-state index contributed by atoms with van der Waals surface area (Å²) in [6.45, 7) is 8.69. The predicted molar refractivity (Wildman–Crippen MR) is 158 cm³/mol. The number of esters is 1.